The molecule has 1 amide bonds. The lowest BCUT2D eigenvalue weighted by atomic mass is 9.95. The van der Waals surface area contributed by atoms with E-state index in [0.29, 0.717) is 54.0 Å². The average Bonchev–Trinajstić information content (AvgIpc) is 3.53. The third kappa shape index (κ3) is 7.49. The molecule has 50 heavy (non-hydrogen) atoms. The van der Waals surface area contributed by atoms with Gasteiger partial charge in [0.05, 0.1) is 22.7 Å². The zero-order valence-electron chi connectivity index (χ0n) is 27.8. The summed E-state index contributed by atoms with van der Waals surface area (Å²) in [5.74, 6) is 1.00. The van der Waals surface area contributed by atoms with E-state index in [2.05, 4.69) is 4.57 Å². The fraction of sp³-hybridized carbons (Fsp3) is 0.325. The van der Waals surface area contributed by atoms with Crippen molar-refractivity contribution >= 4 is 34.5 Å². The summed E-state index contributed by atoms with van der Waals surface area (Å²) < 4.78 is 14.6. The van der Waals surface area contributed by atoms with E-state index < -0.39 is 5.97 Å². The standard InChI is InChI=1S/C40H40ClN3O6/c41-30-11-6-26(7-12-30)35-16-15-34(50-25-38(46)43-20-18-32(45)19-21-43)22-29(35)24-49-33-13-8-27(9-14-33)39-42-36-23-28(40(47)48)10-17-37(36)44(39)31-4-2-1-3-5-31/h6-17,22-23,31-32,45H,1-5,18-21,24-25H2,(H,47,48). The summed E-state index contributed by atoms with van der Waals surface area (Å²) in [6.45, 7) is 1.23. The van der Waals surface area contributed by atoms with Crippen molar-refractivity contribution in [1.29, 1.82) is 0 Å². The number of carboxylic acids is 1. The molecule has 5 aromatic rings. The van der Waals surface area contributed by atoms with Crippen LogP contribution < -0.4 is 9.47 Å². The Balaban J connectivity index is 1.11. The van der Waals surface area contributed by atoms with Crippen LogP contribution in [0.15, 0.2) is 84.9 Å². The van der Waals surface area contributed by atoms with E-state index in [9.17, 15) is 19.8 Å². The number of benzene rings is 4. The van der Waals surface area contributed by atoms with Crippen LogP contribution >= 0.6 is 11.6 Å². The lowest BCUT2D eigenvalue weighted by Crippen LogP contribution is -2.42. The number of nitrogens with zero attached hydrogens (tertiary/aromatic N) is 3. The number of rotatable bonds is 10. The van der Waals surface area contributed by atoms with E-state index in [-0.39, 0.29) is 30.8 Å². The van der Waals surface area contributed by atoms with Crippen molar-refractivity contribution in [3.63, 3.8) is 0 Å². The number of piperidine rings is 1. The van der Waals surface area contributed by atoms with Crippen molar-refractivity contribution in [3.05, 3.63) is 101 Å². The van der Waals surface area contributed by atoms with Crippen molar-refractivity contribution in [2.75, 3.05) is 19.7 Å². The molecule has 0 atom stereocenters. The van der Waals surface area contributed by atoms with Crippen molar-refractivity contribution < 1.29 is 29.3 Å². The van der Waals surface area contributed by atoms with Crippen LogP contribution in [0.1, 0.15) is 66.9 Å². The molecule has 1 aliphatic heterocycles. The molecule has 0 radical (unpaired) electrons. The number of aromatic carboxylic acids is 1. The number of hydrogen-bond donors (Lipinski definition) is 2. The fourth-order valence-electron chi connectivity index (χ4n) is 7.05. The van der Waals surface area contributed by atoms with E-state index >= 15 is 0 Å². The van der Waals surface area contributed by atoms with Gasteiger partial charge in [-0.3, -0.25) is 4.79 Å². The molecule has 1 aromatic heterocycles. The van der Waals surface area contributed by atoms with Gasteiger partial charge in [0.15, 0.2) is 6.61 Å². The summed E-state index contributed by atoms with van der Waals surface area (Å²) in [5.41, 5.74) is 5.61. The third-order valence-corrected chi connectivity index (χ3v) is 10.0. The number of imidazole rings is 1. The molecular weight excluding hydrogens is 654 g/mol. The Morgan fingerprint density at radius 2 is 1.50 bits per heavy atom. The smallest absolute Gasteiger partial charge is 0.335 e. The number of amides is 1. The first-order valence-electron chi connectivity index (χ1n) is 17.3. The van der Waals surface area contributed by atoms with Crippen LogP contribution in [0.2, 0.25) is 5.02 Å². The first kappa shape index (κ1) is 33.6. The van der Waals surface area contributed by atoms with Crippen LogP contribution in [0, 0.1) is 0 Å². The molecular formula is C40H40ClN3O6. The van der Waals surface area contributed by atoms with Gasteiger partial charge in [-0.2, -0.15) is 0 Å². The Labute approximate surface area is 296 Å². The number of likely N-dealkylation sites (tertiary alicyclic amines) is 1. The van der Waals surface area contributed by atoms with Gasteiger partial charge in [0.1, 0.15) is 23.9 Å². The second-order valence-electron chi connectivity index (χ2n) is 13.1. The van der Waals surface area contributed by atoms with Gasteiger partial charge in [0.25, 0.3) is 5.91 Å². The molecule has 10 heteroatoms. The second-order valence-corrected chi connectivity index (χ2v) is 13.6. The highest BCUT2D eigenvalue weighted by atomic mass is 35.5. The summed E-state index contributed by atoms with van der Waals surface area (Å²) in [7, 11) is 0. The molecule has 0 unspecified atom stereocenters. The number of aliphatic hydroxyl groups excluding tert-OH is 1. The molecule has 4 aromatic carbocycles. The van der Waals surface area contributed by atoms with Crippen LogP contribution in [0.25, 0.3) is 33.5 Å². The van der Waals surface area contributed by atoms with Crippen LogP contribution in [0.4, 0.5) is 0 Å². The molecule has 258 valence electrons. The highest BCUT2D eigenvalue weighted by Gasteiger charge is 2.24. The van der Waals surface area contributed by atoms with Gasteiger partial charge in [0, 0.05) is 35.3 Å². The Morgan fingerprint density at radius 1 is 0.800 bits per heavy atom. The molecule has 2 heterocycles. The number of carboxylic acid groups (broad SMARTS) is 1. The minimum Gasteiger partial charge on any atom is -0.489 e. The first-order chi connectivity index (χ1) is 24.3. The van der Waals surface area contributed by atoms with Gasteiger partial charge in [-0.1, -0.05) is 49.1 Å². The highest BCUT2D eigenvalue weighted by molar-refractivity contribution is 6.30. The lowest BCUT2D eigenvalue weighted by Gasteiger charge is -2.29. The molecule has 2 fully saturated rings. The number of aliphatic hydroxyl groups is 1. The number of ether oxygens (including phenoxy) is 2. The van der Waals surface area contributed by atoms with Gasteiger partial charge in [0.2, 0.25) is 0 Å². The van der Waals surface area contributed by atoms with Gasteiger partial charge in [-0.15, -0.1) is 0 Å². The fourth-order valence-corrected chi connectivity index (χ4v) is 7.17. The molecule has 1 saturated heterocycles. The predicted molar refractivity (Wildman–Crippen MR) is 193 cm³/mol. The molecule has 1 saturated carbocycles. The van der Waals surface area contributed by atoms with E-state index in [0.717, 1.165) is 59.3 Å². The Bertz CT molecular complexity index is 1980. The predicted octanol–water partition coefficient (Wildman–Crippen LogP) is 8.17. The van der Waals surface area contributed by atoms with Crippen LogP contribution in [-0.2, 0) is 11.4 Å². The van der Waals surface area contributed by atoms with Gasteiger partial charge < -0.3 is 29.2 Å². The Hall–Kier alpha value is -4.86. The number of fused-ring (bicyclic) bond motifs is 1. The van der Waals surface area contributed by atoms with Crippen molar-refractivity contribution in [1.82, 2.24) is 14.5 Å². The summed E-state index contributed by atoms with van der Waals surface area (Å²) in [4.78, 5) is 31.2. The maximum absolute atomic E-state index is 12.8. The second kappa shape index (κ2) is 14.9. The number of halogens is 1. The van der Waals surface area contributed by atoms with Gasteiger partial charge >= 0.3 is 5.97 Å². The minimum atomic E-state index is -0.967. The maximum Gasteiger partial charge on any atom is 0.335 e. The van der Waals surface area contributed by atoms with Crippen LogP contribution in [-0.4, -0.2) is 62.3 Å². The quantitative estimate of drug-likeness (QED) is 0.152. The molecule has 9 nitrogen and oxygen atoms in total. The summed E-state index contributed by atoms with van der Waals surface area (Å²) >= 11 is 6.18. The average molecular weight is 694 g/mol. The largest absolute Gasteiger partial charge is 0.489 e. The summed E-state index contributed by atoms with van der Waals surface area (Å²) in [5, 5.41) is 20.0. The van der Waals surface area contributed by atoms with Gasteiger partial charge in [-0.05, 0) is 104 Å². The number of hydrogen-bond acceptors (Lipinski definition) is 6. The molecule has 1 aliphatic carbocycles. The SMILES string of the molecule is O=C(O)c1ccc2c(c1)nc(-c1ccc(OCc3cc(OCC(=O)N4CCC(O)CC4)ccc3-c3ccc(Cl)cc3)cc1)n2C1CCCCC1. The van der Waals surface area contributed by atoms with Gasteiger partial charge in [-0.25, -0.2) is 9.78 Å². The normalized spacial score (nSPS) is 15.7. The monoisotopic (exact) mass is 693 g/mol. The zero-order valence-corrected chi connectivity index (χ0v) is 28.5. The van der Waals surface area contributed by atoms with Crippen molar-refractivity contribution in [3.8, 4) is 34.0 Å². The Morgan fingerprint density at radius 3 is 2.22 bits per heavy atom. The molecule has 2 aliphatic rings. The highest BCUT2D eigenvalue weighted by Crippen LogP contribution is 2.37. The van der Waals surface area contributed by atoms with Crippen LogP contribution in [0.3, 0.4) is 0 Å². The van der Waals surface area contributed by atoms with Crippen molar-refractivity contribution in [2.45, 2.75) is 63.7 Å². The summed E-state index contributed by atoms with van der Waals surface area (Å²) in [6, 6.07) is 26.7. The topological polar surface area (TPSA) is 114 Å². The van der Waals surface area contributed by atoms with Crippen molar-refractivity contribution in [2.24, 2.45) is 0 Å². The number of carbonyl (C=O) groups excluding carboxylic acids is 1. The lowest BCUT2D eigenvalue weighted by molar-refractivity contribution is -0.135. The minimum absolute atomic E-state index is 0.0819. The number of carbonyl (C=O) groups is 2. The summed E-state index contributed by atoms with van der Waals surface area (Å²) in [6.07, 6.45) is 6.49. The molecule has 7 rings (SSSR count). The van der Waals surface area contributed by atoms with E-state index in [4.69, 9.17) is 26.1 Å². The Kier molecular flexibility index (Phi) is 10.1. The van der Waals surface area contributed by atoms with E-state index in [1.807, 2.05) is 72.8 Å². The van der Waals surface area contributed by atoms with E-state index in [1.165, 1.54) is 6.42 Å². The first-order valence-corrected chi connectivity index (χ1v) is 17.7. The maximum atomic E-state index is 12.8. The molecule has 0 spiro atoms. The zero-order chi connectivity index (χ0) is 34.6. The third-order valence-electron chi connectivity index (χ3n) is 9.79. The van der Waals surface area contributed by atoms with E-state index in [1.54, 1.807) is 17.0 Å². The number of aromatic nitrogens is 2. The molecule has 2 N–H and O–H groups in total. The van der Waals surface area contributed by atoms with Crippen LogP contribution in [0.5, 0.6) is 11.5 Å². The molecule has 0 bridgehead atoms.